The number of hydrazine groups is 1. The SMILES string of the molecule is CN1CCN(Nc2ncnc(NCCc3cccs3)c2N)CC1. The molecule has 4 N–H and O–H groups in total. The van der Waals surface area contributed by atoms with Gasteiger partial charge in [0.2, 0.25) is 0 Å². The highest BCUT2D eigenvalue weighted by molar-refractivity contribution is 7.09. The molecule has 7 nitrogen and oxygen atoms in total. The van der Waals surface area contributed by atoms with Crippen LogP contribution in [0.15, 0.2) is 23.8 Å². The van der Waals surface area contributed by atoms with Crippen LogP contribution in [0.25, 0.3) is 0 Å². The van der Waals surface area contributed by atoms with Crippen LogP contribution < -0.4 is 16.5 Å². The summed E-state index contributed by atoms with van der Waals surface area (Å²) < 4.78 is 0. The molecule has 0 amide bonds. The van der Waals surface area contributed by atoms with Crippen LogP contribution in [0.2, 0.25) is 0 Å². The number of nitrogen functional groups attached to an aromatic ring is 1. The van der Waals surface area contributed by atoms with Gasteiger partial charge >= 0.3 is 0 Å². The number of hydrogen-bond acceptors (Lipinski definition) is 8. The lowest BCUT2D eigenvalue weighted by Crippen LogP contribution is -2.47. The number of nitrogens with zero attached hydrogens (tertiary/aromatic N) is 4. The summed E-state index contributed by atoms with van der Waals surface area (Å²) in [5.41, 5.74) is 10.1. The van der Waals surface area contributed by atoms with E-state index in [2.05, 4.69) is 55.2 Å². The molecule has 1 aliphatic heterocycles. The molecule has 0 aromatic carbocycles. The highest BCUT2D eigenvalue weighted by Crippen LogP contribution is 2.23. The first-order valence-corrected chi connectivity index (χ1v) is 8.67. The first-order valence-electron chi connectivity index (χ1n) is 7.79. The Morgan fingerprint density at radius 1 is 1.22 bits per heavy atom. The average molecular weight is 333 g/mol. The molecule has 3 rings (SSSR count). The van der Waals surface area contributed by atoms with Gasteiger partial charge in [0.05, 0.1) is 0 Å². The second-order valence-electron chi connectivity index (χ2n) is 5.64. The van der Waals surface area contributed by atoms with Gasteiger partial charge in [0.25, 0.3) is 0 Å². The number of thiophene rings is 1. The summed E-state index contributed by atoms with van der Waals surface area (Å²) in [7, 11) is 2.13. The Hall–Kier alpha value is -1.90. The van der Waals surface area contributed by atoms with E-state index >= 15 is 0 Å². The summed E-state index contributed by atoms with van der Waals surface area (Å²) in [5.74, 6) is 1.36. The van der Waals surface area contributed by atoms with Crippen LogP contribution in [0, 0.1) is 0 Å². The Kier molecular flexibility index (Phi) is 5.27. The van der Waals surface area contributed by atoms with Gasteiger partial charge in [0.15, 0.2) is 11.6 Å². The highest BCUT2D eigenvalue weighted by atomic mass is 32.1. The molecule has 2 aromatic heterocycles. The van der Waals surface area contributed by atoms with Crippen molar-refractivity contribution in [2.75, 3.05) is 56.2 Å². The van der Waals surface area contributed by atoms with Gasteiger partial charge in [-0.05, 0) is 24.9 Å². The molecule has 0 spiro atoms. The topological polar surface area (TPSA) is 82.3 Å². The standard InChI is InChI=1S/C15H23N7S/c1-21-6-8-22(9-7-21)20-15-13(16)14(18-11-19-15)17-5-4-12-3-2-10-23-12/h2-3,10-11H,4-9,16H2,1H3,(H2,17,18,19,20). The van der Waals surface area contributed by atoms with Crippen molar-refractivity contribution in [2.45, 2.75) is 6.42 Å². The molecule has 1 fully saturated rings. The van der Waals surface area contributed by atoms with E-state index < -0.39 is 0 Å². The molecule has 3 heterocycles. The molecule has 8 heteroatoms. The van der Waals surface area contributed by atoms with Gasteiger partial charge in [0.1, 0.15) is 12.0 Å². The first kappa shape index (κ1) is 16.0. The number of aromatic nitrogens is 2. The van der Waals surface area contributed by atoms with Crippen molar-refractivity contribution in [1.82, 2.24) is 19.9 Å². The summed E-state index contributed by atoms with van der Waals surface area (Å²) in [6.07, 6.45) is 2.50. The molecular weight excluding hydrogens is 310 g/mol. The van der Waals surface area contributed by atoms with E-state index in [-0.39, 0.29) is 0 Å². The van der Waals surface area contributed by atoms with Crippen molar-refractivity contribution < 1.29 is 0 Å². The molecule has 0 unspecified atom stereocenters. The number of rotatable bonds is 6. The van der Waals surface area contributed by atoms with Crippen molar-refractivity contribution in [3.63, 3.8) is 0 Å². The smallest absolute Gasteiger partial charge is 0.169 e. The van der Waals surface area contributed by atoms with E-state index in [1.54, 1.807) is 17.7 Å². The van der Waals surface area contributed by atoms with E-state index in [1.807, 2.05) is 0 Å². The van der Waals surface area contributed by atoms with Crippen molar-refractivity contribution in [3.8, 4) is 0 Å². The van der Waals surface area contributed by atoms with Crippen LogP contribution in [0.1, 0.15) is 4.88 Å². The number of piperazine rings is 1. The van der Waals surface area contributed by atoms with Crippen LogP contribution in [0.4, 0.5) is 17.3 Å². The molecular formula is C15H23N7S. The molecule has 0 bridgehead atoms. The largest absolute Gasteiger partial charge is 0.393 e. The van der Waals surface area contributed by atoms with Crippen LogP contribution >= 0.6 is 11.3 Å². The lowest BCUT2D eigenvalue weighted by Gasteiger charge is -2.32. The van der Waals surface area contributed by atoms with Gasteiger partial charge in [-0.2, -0.15) is 0 Å². The number of likely N-dealkylation sites (N-methyl/N-ethyl adjacent to an activating group) is 1. The van der Waals surface area contributed by atoms with Gasteiger partial charge in [-0.15, -0.1) is 11.3 Å². The molecule has 0 atom stereocenters. The van der Waals surface area contributed by atoms with Gasteiger partial charge in [-0.25, -0.2) is 15.0 Å². The summed E-state index contributed by atoms with van der Waals surface area (Å²) in [4.78, 5) is 12.2. The monoisotopic (exact) mass is 333 g/mol. The van der Waals surface area contributed by atoms with E-state index in [0.29, 0.717) is 17.3 Å². The van der Waals surface area contributed by atoms with E-state index in [4.69, 9.17) is 5.73 Å². The fourth-order valence-corrected chi connectivity index (χ4v) is 3.16. The lowest BCUT2D eigenvalue weighted by atomic mass is 10.3. The van der Waals surface area contributed by atoms with Gasteiger partial charge < -0.3 is 21.4 Å². The number of anilines is 3. The second kappa shape index (κ2) is 7.58. The maximum absolute atomic E-state index is 6.20. The van der Waals surface area contributed by atoms with Crippen LogP contribution in [0.3, 0.4) is 0 Å². The Morgan fingerprint density at radius 3 is 2.74 bits per heavy atom. The van der Waals surface area contributed by atoms with Gasteiger partial charge in [-0.3, -0.25) is 0 Å². The minimum absolute atomic E-state index is 0.567. The molecule has 1 saturated heterocycles. The predicted octanol–water partition coefficient (Wildman–Crippen LogP) is 1.35. The molecule has 0 saturated carbocycles. The zero-order chi connectivity index (χ0) is 16.1. The van der Waals surface area contributed by atoms with Crippen molar-refractivity contribution in [3.05, 3.63) is 28.7 Å². The fourth-order valence-electron chi connectivity index (χ4n) is 2.45. The Labute approximate surface area is 140 Å². The van der Waals surface area contributed by atoms with Crippen molar-refractivity contribution in [1.29, 1.82) is 0 Å². The van der Waals surface area contributed by atoms with Crippen LogP contribution in [0.5, 0.6) is 0 Å². The summed E-state index contributed by atoms with van der Waals surface area (Å²) >= 11 is 1.76. The third kappa shape index (κ3) is 4.31. The lowest BCUT2D eigenvalue weighted by molar-refractivity contribution is 0.178. The zero-order valence-corrected chi connectivity index (χ0v) is 14.1. The van der Waals surface area contributed by atoms with Gasteiger partial charge in [0, 0.05) is 37.6 Å². The molecule has 0 aliphatic carbocycles. The summed E-state index contributed by atoms with van der Waals surface area (Å²) in [5, 5.41) is 7.54. The van der Waals surface area contributed by atoms with Crippen LogP contribution in [-0.2, 0) is 6.42 Å². The number of hydrogen-bond donors (Lipinski definition) is 3. The minimum atomic E-state index is 0.567. The Balaban J connectivity index is 1.57. The Morgan fingerprint density at radius 2 is 2.00 bits per heavy atom. The highest BCUT2D eigenvalue weighted by Gasteiger charge is 2.16. The number of nitrogens with two attached hydrogens (primary N) is 1. The predicted molar refractivity (Wildman–Crippen MR) is 95.6 cm³/mol. The molecule has 0 radical (unpaired) electrons. The summed E-state index contributed by atoms with van der Waals surface area (Å²) in [6.45, 7) is 4.76. The zero-order valence-electron chi connectivity index (χ0n) is 13.3. The maximum Gasteiger partial charge on any atom is 0.169 e. The minimum Gasteiger partial charge on any atom is -0.393 e. The molecule has 2 aromatic rings. The maximum atomic E-state index is 6.20. The second-order valence-corrected chi connectivity index (χ2v) is 6.68. The van der Waals surface area contributed by atoms with Crippen molar-refractivity contribution in [2.24, 2.45) is 0 Å². The molecule has 1 aliphatic rings. The van der Waals surface area contributed by atoms with E-state index in [0.717, 1.165) is 39.1 Å². The fraction of sp³-hybridized carbons (Fsp3) is 0.467. The molecule has 124 valence electrons. The number of nitrogens with one attached hydrogen (secondary N) is 2. The normalized spacial score (nSPS) is 16.4. The molecule has 23 heavy (non-hydrogen) atoms. The Bertz CT molecular complexity index is 608. The quantitative estimate of drug-likeness (QED) is 0.736. The van der Waals surface area contributed by atoms with E-state index in [9.17, 15) is 0 Å². The van der Waals surface area contributed by atoms with Crippen molar-refractivity contribution >= 4 is 28.7 Å². The third-order valence-corrected chi connectivity index (χ3v) is 4.83. The average Bonchev–Trinajstić information content (AvgIpc) is 3.06. The van der Waals surface area contributed by atoms with E-state index in [1.165, 1.54) is 4.88 Å². The third-order valence-electron chi connectivity index (χ3n) is 3.90. The van der Waals surface area contributed by atoms with Gasteiger partial charge in [-0.1, -0.05) is 6.07 Å². The summed E-state index contributed by atoms with van der Waals surface area (Å²) in [6, 6.07) is 4.20. The van der Waals surface area contributed by atoms with Crippen LogP contribution in [-0.4, -0.2) is 59.6 Å². The first-order chi connectivity index (χ1) is 11.2.